The van der Waals surface area contributed by atoms with Gasteiger partial charge in [0, 0.05) is 24.5 Å². The molecule has 1 saturated heterocycles. The maximum absolute atomic E-state index is 6.34. The molecule has 2 atom stereocenters. The number of likely N-dealkylation sites (tertiary alicyclic amines) is 1. The molecule has 0 bridgehead atoms. The van der Waals surface area contributed by atoms with Crippen LogP contribution in [0.4, 0.5) is 0 Å². The molecule has 2 fully saturated rings. The van der Waals surface area contributed by atoms with Crippen molar-refractivity contribution in [1.82, 2.24) is 4.90 Å². The molecule has 18 heavy (non-hydrogen) atoms. The van der Waals surface area contributed by atoms with Crippen LogP contribution in [0.2, 0.25) is 0 Å². The smallest absolute Gasteiger partial charge is 0.0233 e. The van der Waals surface area contributed by atoms with Gasteiger partial charge >= 0.3 is 0 Å². The van der Waals surface area contributed by atoms with Gasteiger partial charge in [-0.2, -0.15) is 0 Å². The minimum Gasteiger partial charge on any atom is -0.327 e. The monoisotopic (exact) mass is 244 g/mol. The van der Waals surface area contributed by atoms with E-state index in [1.54, 1.807) is 0 Å². The van der Waals surface area contributed by atoms with E-state index in [-0.39, 0.29) is 0 Å². The third kappa shape index (κ3) is 1.70. The van der Waals surface area contributed by atoms with E-state index in [1.165, 1.54) is 31.5 Å². The van der Waals surface area contributed by atoms with Crippen molar-refractivity contribution < 1.29 is 0 Å². The second-order valence-corrected chi connectivity index (χ2v) is 6.66. The average molecular weight is 244 g/mol. The lowest BCUT2D eigenvalue weighted by Gasteiger charge is -2.35. The van der Waals surface area contributed by atoms with E-state index in [9.17, 15) is 0 Å². The van der Waals surface area contributed by atoms with Crippen LogP contribution >= 0.6 is 0 Å². The quantitative estimate of drug-likeness (QED) is 0.866. The van der Waals surface area contributed by atoms with Gasteiger partial charge in [0.2, 0.25) is 0 Å². The number of nitrogens with two attached hydrogens (primary N) is 1. The number of hydrogen-bond donors (Lipinski definition) is 1. The highest BCUT2D eigenvalue weighted by Gasteiger charge is 2.69. The molecule has 0 aromatic heterocycles. The van der Waals surface area contributed by atoms with Gasteiger partial charge in [-0.25, -0.2) is 0 Å². The fraction of sp³-hybridized carbons (Fsp3) is 0.625. The number of nitrogens with zero attached hydrogens (tertiary/aromatic N) is 1. The average Bonchev–Trinajstić information content (AvgIpc) is 2.76. The zero-order valence-corrected chi connectivity index (χ0v) is 11.5. The summed E-state index contributed by atoms with van der Waals surface area (Å²) in [5.41, 5.74) is 8.48. The Bertz CT molecular complexity index is 426. The summed E-state index contributed by atoms with van der Waals surface area (Å²) in [6.45, 7) is 8.15. The predicted octanol–water partition coefficient (Wildman–Crippen LogP) is 2.64. The van der Waals surface area contributed by atoms with E-state index in [2.05, 4.69) is 49.1 Å². The molecule has 1 aliphatic carbocycles. The Morgan fingerprint density at radius 3 is 2.56 bits per heavy atom. The molecule has 1 aromatic carbocycles. The summed E-state index contributed by atoms with van der Waals surface area (Å²) in [4.78, 5) is 2.59. The topological polar surface area (TPSA) is 29.3 Å². The van der Waals surface area contributed by atoms with Gasteiger partial charge in [0.25, 0.3) is 0 Å². The van der Waals surface area contributed by atoms with E-state index < -0.39 is 0 Å². The van der Waals surface area contributed by atoms with Crippen molar-refractivity contribution in [2.24, 2.45) is 16.6 Å². The fourth-order valence-electron chi connectivity index (χ4n) is 3.92. The van der Waals surface area contributed by atoms with Crippen LogP contribution in [0.3, 0.4) is 0 Å². The lowest BCUT2D eigenvalue weighted by molar-refractivity contribution is 0.128. The van der Waals surface area contributed by atoms with Gasteiger partial charge in [0.15, 0.2) is 0 Å². The number of rotatable bonds is 2. The van der Waals surface area contributed by atoms with E-state index in [0.29, 0.717) is 16.9 Å². The largest absolute Gasteiger partial charge is 0.327 e. The van der Waals surface area contributed by atoms with Gasteiger partial charge in [-0.1, -0.05) is 44.2 Å². The standard InChI is InChI=1S/C16H24N2/c1-15(2)14(17)16(15)9-6-10-18(12-16)11-13-7-4-3-5-8-13/h3-5,7-8,14H,6,9-12,17H2,1-2H3. The molecule has 1 aromatic rings. The first-order valence-electron chi connectivity index (χ1n) is 7.08. The summed E-state index contributed by atoms with van der Waals surface area (Å²) in [6, 6.07) is 11.2. The van der Waals surface area contributed by atoms with E-state index >= 15 is 0 Å². The van der Waals surface area contributed by atoms with E-state index in [4.69, 9.17) is 5.73 Å². The lowest BCUT2D eigenvalue weighted by atomic mass is 9.87. The highest BCUT2D eigenvalue weighted by Crippen LogP contribution is 2.65. The molecular formula is C16H24N2. The molecular weight excluding hydrogens is 220 g/mol. The minimum absolute atomic E-state index is 0.336. The molecule has 2 nitrogen and oxygen atoms in total. The first-order valence-corrected chi connectivity index (χ1v) is 7.08. The third-order valence-corrected chi connectivity index (χ3v) is 5.42. The van der Waals surface area contributed by atoms with Crippen LogP contribution in [0.1, 0.15) is 32.3 Å². The Kier molecular flexibility index (Phi) is 2.76. The van der Waals surface area contributed by atoms with E-state index in [1.807, 2.05) is 0 Å². The van der Waals surface area contributed by atoms with E-state index in [0.717, 1.165) is 6.54 Å². The summed E-state index contributed by atoms with van der Waals surface area (Å²) < 4.78 is 0. The van der Waals surface area contributed by atoms with Crippen LogP contribution in [-0.4, -0.2) is 24.0 Å². The third-order valence-electron chi connectivity index (χ3n) is 5.42. The molecule has 0 radical (unpaired) electrons. The number of benzene rings is 1. The summed E-state index contributed by atoms with van der Waals surface area (Å²) in [6.07, 6.45) is 2.61. The maximum Gasteiger partial charge on any atom is 0.0233 e. The highest BCUT2D eigenvalue weighted by atomic mass is 15.2. The van der Waals surface area contributed by atoms with Gasteiger partial charge in [-0.15, -0.1) is 0 Å². The first kappa shape index (κ1) is 12.2. The fourth-order valence-corrected chi connectivity index (χ4v) is 3.92. The van der Waals surface area contributed by atoms with Crippen LogP contribution in [0.15, 0.2) is 30.3 Å². The molecule has 98 valence electrons. The highest BCUT2D eigenvalue weighted by molar-refractivity contribution is 5.23. The van der Waals surface area contributed by atoms with Crippen LogP contribution < -0.4 is 5.73 Å². The summed E-state index contributed by atoms with van der Waals surface area (Å²) in [5, 5.41) is 0. The van der Waals surface area contributed by atoms with Crippen LogP contribution in [0, 0.1) is 10.8 Å². The molecule has 2 N–H and O–H groups in total. The molecule has 3 rings (SSSR count). The summed E-state index contributed by atoms with van der Waals surface area (Å²) in [5.74, 6) is 0. The van der Waals surface area contributed by atoms with Crippen molar-refractivity contribution in [2.75, 3.05) is 13.1 Å². The Hall–Kier alpha value is -0.860. The molecule has 2 unspecified atom stereocenters. The SMILES string of the molecule is CC1(C)C(N)C12CCCN(Cc1ccccc1)C2. The Morgan fingerprint density at radius 1 is 1.28 bits per heavy atom. The molecule has 2 heteroatoms. The van der Waals surface area contributed by atoms with Crippen molar-refractivity contribution >= 4 is 0 Å². The van der Waals surface area contributed by atoms with Crippen LogP contribution in [0.5, 0.6) is 0 Å². The normalized spacial score (nSPS) is 34.7. The van der Waals surface area contributed by atoms with Crippen molar-refractivity contribution in [1.29, 1.82) is 0 Å². The van der Waals surface area contributed by atoms with Gasteiger partial charge in [-0.05, 0) is 30.4 Å². The summed E-state index contributed by atoms with van der Waals surface area (Å²) in [7, 11) is 0. The van der Waals surface area contributed by atoms with Crippen molar-refractivity contribution in [3.8, 4) is 0 Å². The van der Waals surface area contributed by atoms with Gasteiger partial charge in [0.05, 0.1) is 0 Å². The zero-order valence-electron chi connectivity index (χ0n) is 11.5. The lowest BCUT2D eigenvalue weighted by Crippen LogP contribution is -2.39. The van der Waals surface area contributed by atoms with Gasteiger partial charge < -0.3 is 5.73 Å². The van der Waals surface area contributed by atoms with Gasteiger partial charge in [-0.3, -0.25) is 4.90 Å². The van der Waals surface area contributed by atoms with Gasteiger partial charge in [0.1, 0.15) is 0 Å². The predicted molar refractivity (Wildman–Crippen MR) is 75.1 cm³/mol. The second kappa shape index (κ2) is 4.07. The second-order valence-electron chi connectivity index (χ2n) is 6.66. The number of piperidine rings is 1. The molecule has 1 saturated carbocycles. The van der Waals surface area contributed by atoms with Crippen LogP contribution in [-0.2, 0) is 6.54 Å². The first-order chi connectivity index (χ1) is 8.56. The Morgan fingerprint density at radius 2 is 1.94 bits per heavy atom. The molecule has 0 amide bonds. The Balaban J connectivity index is 1.69. The molecule has 2 aliphatic rings. The molecule has 1 spiro atoms. The summed E-state index contributed by atoms with van der Waals surface area (Å²) >= 11 is 0. The maximum atomic E-state index is 6.34. The van der Waals surface area contributed by atoms with Crippen LogP contribution in [0.25, 0.3) is 0 Å². The molecule has 1 aliphatic heterocycles. The molecule has 1 heterocycles. The van der Waals surface area contributed by atoms with Crippen molar-refractivity contribution in [2.45, 2.75) is 39.3 Å². The van der Waals surface area contributed by atoms with Crippen molar-refractivity contribution in [3.05, 3.63) is 35.9 Å². The Labute approximate surface area is 110 Å². The zero-order chi connectivity index (χ0) is 12.8. The minimum atomic E-state index is 0.336. The van der Waals surface area contributed by atoms with Crippen molar-refractivity contribution in [3.63, 3.8) is 0 Å². The number of hydrogen-bond acceptors (Lipinski definition) is 2.